The number of piperidine rings is 2. The lowest BCUT2D eigenvalue weighted by molar-refractivity contribution is 0.0587. The molecule has 0 saturated carbocycles. The van der Waals surface area contributed by atoms with Gasteiger partial charge in [-0.1, -0.05) is 11.6 Å². The molecule has 2 unspecified atom stereocenters. The highest BCUT2D eigenvalue weighted by Gasteiger charge is 2.34. The number of nitrogens with zero attached hydrogens (tertiary/aromatic N) is 4. The van der Waals surface area contributed by atoms with Crippen LogP contribution in [0.3, 0.4) is 0 Å². The highest BCUT2D eigenvalue weighted by Crippen LogP contribution is 2.33. The van der Waals surface area contributed by atoms with Gasteiger partial charge in [0.1, 0.15) is 0 Å². The van der Waals surface area contributed by atoms with Crippen LogP contribution in [0.25, 0.3) is 0 Å². The van der Waals surface area contributed by atoms with Crippen LogP contribution in [0.2, 0.25) is 0 Å². The largest absolute Gasteiger partial charge is 0.298 e. The van der Waals surface area contributed by atoms with Crippen LogP contribution in [0.4, 0.5) is 0 Å². The molecule has 2 saturated heterocycles. The summed E-state index contributed by atoms with van der Waals surface area (Å²) in [4.78, 5) is 2.67. The highest BCUT2D eigenvalue weighted by molar-refractivity contribution is 6.30. The second-order valence-electron chi connectivity index (χ2n) is 5.15. The van der Waals surface area contributed by atoms with Gasteiger partial charge in [-0.3, -0.25) is 4.90 Å². The van der Waals surface area contributed by atoms with Crippen LogP contribution < -0.4 is 4.56 Å². The Labute approximate surface area is 104 Å². The molecule has 2 aliphatic rings. The summed E-state index contributed by atoms with van der Waals surface area (Å²) in [5.41, 5.74) is 0. The molecule has 3 rings (SSSR count). The summed E-state index contributed by atoms with van der Waals surface area (Å²) >= 11 is 1.01. The fourth-order valence-electron chi connectivity index (χ4n) is 3.26. The molecule has 2 aliphatic heterocycles. The van der Waals surface area contributed by atoms with E-state index in [0.717, 1.165) is 22.3 Å². The number of rotatable bonds is 1. The van der Waals surface area contributed by atoms with E-state index in [9.17, 15) is 0 Å². The van der Waals surface area contributed by atoms with E-state index in [0.29, 0.717) is 6.04 Å². The van der Waals surface area contributed by atoms with Crippen LogP contribution >= 0.6 is 0 Å². The smallest absolute Gasteiger partial charge is 0.295 e. The van der Waals surface area contributed by atoms with Crippen molar-refractivity contribution in [3.8, 4) is 0 Å². The third kappa shape index (κ3) is 1.92. The molecule has 0 amide bonds. The first-order valence-electron chi connectivity index (χ1n) is 6.47. The molecule has 86 valence electrons. The monoisotopic (exact) mass is 234 g/mol. The minimum Gasteiger partial charge on any atom is -0.298 e. The maximum absolute atomic E-state index is 4.31. The normalized spacial score (nSPS) is 31.2. The van der Waals surface area contributed by atoms with Crippen molar-refractivity contribution in [3.63, 3.8) is 0 Å². The molecule has 16 heavy (non-hydrogen) atoms. The lowest BCUT2D eigenvalue weighted by Crippen LogP contribution is -2.48. The van der Waals surface area contributed by atoms with Crippen LogP contribution in [-0.2, 0) is 0 Å². The summed E-state index contributed by atoms with van der Waals surface area (Å²) in [6.07, 6.45) is 8.88. The van der Waals surface area contributed by atoms with Gasteiger partial charge in [0.15, 0.2) is 0 Å². The Morgan fingerprint density at radius 1 is 1.12 bits per heavy atom. The van der Waals surface area contributed by atoms with Crippen molar-refractivity contribution < 1.29 is 0 Å². The molecule has 0 bridgehead atoms. The van der Waals surface area contributed by atoms with E-state index < -0.39 is 0 Å². The molecule has 2 atom stereocenters. The molecule has 0 N–H and O–H groups in total. The van der Waals surface area contributed by atoms with E-state index in [2.05, 4.69) is 26.1 Å². The van der Waals surface area contributed by atoms with Crippen molar-refractivity contribution in [2.45, 2.75) is 44.2 Å². The molecule has 4 nitrogen and oxygen atoms in total. The Morgan fingerprint density at radius 3 is 2.75 bits per heavy atom. The number of aromatic nitrogens is 3. The molecule has 2 fully saturated rings. The second kappa shape index (κ2) is 4.48. The average molecular weight is 234 g/mol. The van der Waals surface area contributed by atoms with E-state index in [1.807, 2.05) is 0 Å². The summed E-state index contributed by atoms with van der Waals surface area (Å²) in [7, 11) is 0. The van der Waals surface area contributed by atoms with Crippen LogP contribution in [-0.4, -0.2) is 55.3 Å². The molecule has 5 heteroatoms. The first kappa shape index (κ1) is 10.8. The molecule has 0 aliphatic carbocycles. The molecule has 0 aromatic carbocycles. The van der Waals surface area contributed by atoms with Gasteiger partial charge in [-0.25, -0.2) is 4.68 Å². The summed E-state index contributed by atoms with van der Waals surface area (Å²) in [5, 5.41) is 8.49. The zero-order chi connectivity index (χ0) is 11.0. The van der Waals surface area contributed by atoms with Gasteiger partial charge in [-0.2, -0.15) is 5.10 Å². The topological polar surface area (TPSA) is 34.0 Å². The first-order valence-corrected chi connectivity index (χ1v) is 7.47. The van der Waals surface area contributed by atoms with Gasteiger partial charge in [-0.05, 0) is 43.3 Å². The fourth-order valence-corrected chi connectivity index (χ4v) is 3.62. The van der Waals surface area contributed by atoms with E-state index in [1.54, 1.807) is 0 Å². The molecule has 0 radical (unpaired) electrons. The number of hydrogen-bond acceptors (Lipinski definition) is 3. The molecule has 1 aromatic rings. The summed E-state index contributed by atoms with van der Waals surface area (Å²) in [5.74, 6) is 0. The van der Waals surface area contributed by atoms with Gasteiger partial charge in [-0.15, -0.1) is 0 Å². The predicted octanol–water partition coefficient (Wildman–Crippen LogP) is -0.274. The van der Waals surface area contributed by atoms with Gasteiger partial charge in [0.25, 0.3) is 16.3 Å². The standard InChI is InChI=1S/C11H17N4.Al.2H/c1-2-7-14-8-3-5-11(10(14)4-1)15-9-6-12-13-15;;;/h9-11H,1-5,7-8H2;;;. The van der Waals surface area contributed by atoms with Gasteiger partial charge in [0.2, 0.25) is 0 Å². The van der Waals surface area contributed by atoms with E-state index >= 15 is 0 Å². The lowest BCUT2D eigenvalue weighted by atomic mass is 9.89. The number of fused-ring (bicyclic) bond motifs is 1. The first-order chi connectivity index (χ1) is 7.84. The average Bonchev–Trinajstić information content (AvgIpc) is 2.75. The Balaban J connectivity index is 1.82. The summed E-state index contributed by atoms with van der Waals surface area (Å²) < 4.78 is 3.32. The van der Waals surface area contributed by atoms with Gasteiger partial charge < -0.3 is 0 Å². The van der Waals surface area contributed by atoms with Crippen LogP contribution in [0, 0.1) is 0 Å². The maximum atomic E-state index is 4.31. The van der Waals surface area contributed by atoms with Crippen LogP contribution in [0.5, 0.6) is 0 Å². The summed E-state index contributed by atoms with van der Waals surface area (Å²) in [6, 6.07) is 1.31. The molecule has 1 aromatic heterocycles. The Morgan fingerprint density at radius 2 is 1.94 bits per heavy atom. The zero-order valence-electron chi connectivity index (χ0n) is 9.97. The van der Waals surface area contributed by atoms with Crippen molar-refractivity contribution in [1.29, 1.82) is 0 Å². The molecule has 0 spiro atoms. The van der Waals surface area contributed by atoms with E-state index in [4.69, 9.17) is 0 Å². The molecule has 3 heterocycles. The molecular formula is C11H19AlN4. The summed E-state index contributed by atoms with van der Waals surface area (Å²) in [6.45, 7) is 2.59. The zero-order valence-corrected chi connectivity index (χ0v) is 12.0. The minimum atomic E-state index is 0.587. The van der Waals surface area contributed by atoms with Crippen molar-refractivity contribution >= 4 is 20.8 Å². The van der Waals surface area contributed by atoms with Gasteiger partial charge in [0, 0.05) is 12.2 Å². The van der Waals surface area contributed by atoms with Crippen LogP contribution in [0.15, 0.2) is 6.20 Å². The maximum Gasteiger partial charge on any atom is 0.295 e. The van der Waals surface area contributed by atoms with Crippen molar-refractivity contribution in [3.05, 3.63) is 6.20 Å². The van der Waals surface area contributed by atoms with Crippen molar-refractivity contribution in [1.82, 2.24) is 19.9 Å². The third-order valence-corrected chi connectivity index (χ3v) is 4.48. The van der Waals surface area contributed by atoms with E-state index in [1.165, 1.54) is 49.7 Å². The predicted molar refractivity (Wildman–Crippen MR) is 65.7 cm³/mol. The quantitative estimate of drug-likeness (QED) is 0.627. The Kier molecular flexibility index (Phi) is 3.02. The Hall–Kier alpha value is -0.368. The van der Waals surface area contributed by atoms with Gasteiger partial charge >= 0.3 is 0 Å². The molecular weight excluding hydrogens is 215 g/mol. The highest BCUT2D eigenvalue weighted by atomic mass is 27.0. The minimum absolute atomic E-state index is 0.587. The SMILES string of the molecule is [AlH2][c]1cn(C2CCCN3CCCCC23)nn1. The third-order valence-electron chi connectivity index (χ3n) is 4.02. The van der Waals surface area contributed by atoms with Crippen molar-refractivity contribution in [2.24, 2.45) is 0 Å². The van der Waals surface area contributed by atoms with Gasteiger partial charge in [0.05, 0.1) is 6.04 Å². The number of hydrogen-bond donors (Lipinski definition) is 0. The fraction of sp³-hybridized carbons (Fsp3) is 0.818. The van der Waals surface area contributed by atoms with Crippen LogP contribution in [0.1, 0.15) is 38.1 Å². The Bertz CT molecular complexity index is 363. The van der Waals surface area contributed by atoms with Crippen molar-refractivity contribution in [2.75, 3.05) is 13.1 Å². The second-order valence-corrected chi connectivity index (χ2v) is 6.17. The lowest BCUT2D eigenvalue weighted by Gasteiger charge is -2.44. The van der Waals surface area contributed by atoms with E-state index in [-0.39, 0.29) is 0 Å².